The number of rotatable bonds is 5. The van der Waals surface area contributed by atoms with Crippen LogP contribution >= 0.6 is 15.9 Å². The van der Waals surface area contributed by atoms with Gasteiger partial charge in [0.1, 0.15) is 0 Å². The molecule has 1 aromatic carbocycles. The van der Waals surface area contributed by atoms with Crippen molar-refractivity contribution in [2.24, 2.45) is 7.05 Å². The summed E-state index contributed by atoms with van der Waals surface area (Å²) in [6.07, 6.45) is 4.99. The molecular formula is C14H18BrN3. The van der Waals surface area contributed by atoms with Crippen LogP contribution < -0.4 is 5.32 Å². The topological polar surface area (TPSA) is 29.9 Å². The number of halogens is 1. The number of aryl methyl sites for hydroxylation is 1. The van der Waals surface area contributed by atoms with E-state index in [1.54, 1.807) is 0 Å². The fourth-order valence-electron chi connectivity index (χ4n) is 1.93. The lowest BCUT2D eigenvalue weighted by atomic mass is 10.1. The van der Waals surface area contributed by atoms with Crippen molar-refractivity contribution in [3.8, 4) is 0 Å². The molecule has 0 saturated heterocycles. The molecule has 0 bridgehead atoms. The Morgan fingerprint density at radius 2 is 2.28 bits per heavy atom. The van der Waals surface area contributed by atoms with Crippen LogP contribution in [-0.4, -0.2) is 16.3 Å². The van der Waals surface area contributed by atoms with E-state index in [0.29, 0.717) is 6.04 Å². The molecule has 1 atom stereocenters. The zero-order valence-corrected chi connectivity index (χ0v) is 12.3. The molecule has 3 nitrogen and oxygen atoms in total. The zero-order valence-electron chi connectivity index (χ0n) is 10.7. The van der Waals surface area contributed by atoms with Crippen LogP contribution in [0.5, 0.6) is 0 Å². The summed E-state index contributed by atoms with van der Waals surface area (Å²) in [5, 5.41) is 7.69. The Morgan fingerprint density at radius 3 is 2.94 bits per heavy atom. The number of hydrogen-bond acceptors (Lipinski definition) is 2. The van der Waals surface area contributed by atoms with Gasteiger partial charge in [-0.2, -0.15) is 5.10 Å². The molecule has 2 rings (SSSR count). The summed E-state index contributed by atoms with van der Waals surface area (Å²) >= 11 is 3.50. The van der Waals surface area contributed by atoms with Crippen LogP contribution in [0.4, 0.5) is 0 Å². The number of hydrogen-bond donors (Lipinski definition) is 1. The minimum absolute atomic E-state index is 0.360. The molecule has 1 N–H and O–H groups in total. The third kappa shape index (κ3) is 3.68. The summed E-state index contributed by atoms with van der Waals surface area (Å²) in [5.41, 5.74) is 2.57. The predicted molar refractivity (Wildman–Crippen MR) is 77.5 cm³/mol. The molecule has 0 aliphatic carbocycles. The highest BCUT2D eigenvalue weighted by Crippen LogP contribution is 2.17. The van der Waals surface area contributed by atoms with Crippen LogP contribution in [0.3, 0.4) is 0 Å². The highest BCUT2D eigenvalue weighted by Gasteiger charge is 2.05. The molecule has 0 saturated carbocycles. The second-order valence-electron chi connectivity index (χ2n) is 4.50. The fourth-order valence-corrected chi connectivity index (χ4v) is 2.34. The Kier molecular flexibility index (Phi) is 4.55. The SMILES string of the molecule is CC(NCCc1cnn(C)c1)c1cccc(Br)c1. The quantitative estimate of drug-likeness (QED) is 0.920. The lowest BCUT2D eigenvalue weighted by molar-refractivity contribution is 0.576. The van der Waals surface area contributed by atoms with Gasteiger partial charge in [0.25, 0.3) is 0 Å². The zero-order chi connectivity index (χ0) is 13.0. The van der Waals surface area contributed by atoms with Crippen molar-refractivity contribution in [1.29, 1.82) is 0 Å². The van der Waals surface area contributed by atoms with Crippen molar-refractivity contribution in [3.63, 3.8) is 0 Å². The molecule has 18 heavy (non-hydrogen) atoms. The van der Waals surface area contributed by atoms with Crippen LogP contribution in [0, 0.1) is 0 Å². The standard InChI is InChI=1S/C14H18BrN3/c1-11(13-4-3-5-14(15)8-13)16-7-6-12-9-17-18(2)10-12/h3-5,8-11,16H,6-7H2,1-2H3. The smallest absolute Gasteiger partial charge is 0.0522 e. The second-order valence-corrected chi connectivity index (χ2v) is 5.42. The summed E-state index contributed by atoms with van der Waals surface area (Å²) in [5.74, 6) is 0. The van der Waals surface area contributed by atoms with Crippen LogP contribution in [0.25, 0.3) is 0 Å². The van der Waals surface area contributed by atoms with E-state index in [9.17, 15) is 0 Å². The van der Waals surface area contributed by atoms with Crippen LogP contribution in [0.1, 0.15) is 24.1 Å². The monoisotopic (exact) mass is 307 g/mol. The molecule has 0 amide bonds. The first-order valence-electron chi connectivity index (χ1n) is 6.11. The Balaban J connectivity index is 1.83. The average Bonchev–Trinajstić information content (AvgIpc) is 2.75. The van der Waals surface area contributed by atoms with E-state index in [-0.39, 0.29) is 0 Å². The van der Waals surface area contributed by atoms with Crippen molar-refractivity contribution in [1.82, 2.24) is 15.1 Å². The molecule has 2 aromatic rings. The van der Waals surface area contributed by atoms with Gasteiger partial charge in [-0.15, -0.1) is 0 Å². The van der Waals surface area contributed by atoms with Gasteiger partial charge in [0.05, 0.1) is 6.20 Å². The molecule has 96 valence electrons. The van der Waals surface area contributed by atoms with E-state index in [1.807, 2.05) is 24.0 Å². The fraction of sp³-hybridized carbons (Fsp3) is 0.357. The number of nitrogens with zero attached hydrogens (tertiary/aromatic N) is 2. The molecule has 0 aliphatic heterocycles. The molecule has 0 spiro atoms. The Hall–Kier alpha value is -1.13. The van der Waals surface area contributed by atoms with Crippen LogP contribution in [-0.2, 0) is 13.5 Å². The van der Waals surface area contributed by atoms with Gasteiger partial charge >= 0.3 is 0 Å². The maximum Gasteiger partial charge on any atom is 0.0522 e. The number of benzene rings is 1. The van der Waals surface area contributed by atoms with Gasteiger partial charge in [0.2, 0.25) is 0 Å². The first-order valence-corrected chi connectivity index (χ1v) is 6.91. The highest BCUT2D eigenvalue weighted by molar-refractivity contribution is 9.10. The molecule has 0 radical (unpaired) electrons. The Morgan fingerprint density at radius 1 is 1.44 bits per heavy atom. The maximum absolute atomic E-state index is 4.17. The van der Waals surface area contributed by atoms with E-state index in [0.717, 1.165) is 17.4 Å². The van der Waals surface area contributed by atoms with Crippen molar-refractivity contribution in [3.05, 3.63) is 52.3 Å². The van der Waals surface area contributed by atoms with Crippen molar-refractivity contribution < 1.29 is 0 Å². The number of aromatic nitrogens is 2. The summed E-state index contributed by atoms with van der Waals surface area (Å²) in [6.45, 7) is 3.14. The molecular weight excluding hydrogens is 290 g/mol. The highest BCUT2D eigenvalue weighted by atomic mass is 79.9. The Labute approximate surface area is 116 Å². The van der Waals surface area contributed by atoms with E-state index in [1.165, 1.54) is 11.1 Å². The minimum Gasteiger partial charge on any atom is -0.310 e. The van der Waals surface area contributed by atoms with E-state index >= 15 is 0 Å². The van der Waals surface area contributed by atoms with Gasteiger partial charge in [-0.3, -0.25) is 4.68 Å². The van der Waals surface area contributed by atoms with Gasteiger partial charge in [-0.25, -0.2) is 0 Å². The minimum atomic E-state index is 0.360. The van der Waals surface area contributed by atoms with Crippen LogP contribution in [0.2, 0.25) is 0 Å². The molecule has 1 aromatic heterocycles. The average molecular weight is 308 g/mol. The third-order valence-electron chi connectivity index (χ3n) is 2.97. The summed E-state index contributed by atoms with van der Waals surface area (Å²) in [4.78, 5) is 0. The maximum atomic E-state index is 4.17. The lowest BCUT2D eigenvalue weighted by Gasteiger charge is -2.14. The first-order chi connectivity index (χ1) is 8.65. The number of nitrogens with one attached hydrogen (secondary N) is 1. The van der Waals surface area contributed by atoms with Crippen molar-refractivity contribution >= 4 is 15.9 Å². The van der Waals surface area contributed by atoms with Crippen molar-refractivity contribution in [2.45, 2.75) is 19.4 Å². The molecule has 1 unspecified atom stereocenters. The Bertz CT molecular complexity index is 507. The molecule has 4 heteroatoms. The molecule has 1 heterocycles. The largest absolute Gasteiger partial charge is 0.310 e. The van der Waals surface area contributed by atoms with Crippen molar-refractivity contribution in [2.75, 3.05) is 6.54 Å². The van der Waals surface area contributed by atoms with E-state index < -0.39 is 0 Å². The lowest BCUT2D eigenvalue weighted by Crippen LogP contribution is -2.21. The van der Waals surface area contributed by atoms with Crippen LogP contribution in [0.15, 0.2) is 41.1 Å². The molecule has 0 fully saturated rings. The predicted octanol–water partition coefficient (Wildman–Crippen LogP) is 3.08. The van der Waals surface area contributed by atoms with Gasteiger partial charge < -0.3 is 5.32 Å². The summed E-state index contributed by atoms with van der Waals surface area (Å²) in [7, 11) is 1.95. The van der Waals surface area contributed by atoms with Gasteiger partial charge in [0.15, 0.2) is 0 Å². The molecule has 0 aliphatic rings. The summed E-state index contributed by atoms with van der Waals surface area (Å²) in [6, 6.07) is 8.78. The van der Waals surface area contributed by atoms with Gasteiger partial charge in [0, 0.05) is 23.8 Å². The van der Waals surface area contributed by atoms with Gasteiger partial charge in [-0.05, 0) is 43.1 Å². The first kappa shape index (κ1) is 13.3. The van der Waals surface area contributed by atoms with Gasteiger partial charge in [-0.1, -0.05) is 28.1 Å². The van der Waals surface area contributed by atoms with E-state index in [4.69, 9.17) is 0 Å². The summed E-state index contributed by atoms with van der Waals surface area (Å²) < 4.78 is 2.97. The normalized spacial score (nSPS) is 12.6. The van der Waals surface area contributed by atoms with E-state index in [2.05, 4.69) is 57.7 Å². The second kappa shape index (κ2) is 6.16. The third-order valence-corrected chi connectivity index (χ3v) is 3.46.